The van der Waals surface area contributed by atoms with Crippen molar-refractivity contribution in [1.82, 2.24) is 15.1 Å². The van der Waals surface area contributed by atoms with Gasteiger partial charge in [-0.25, -0.2) is 0 Å². The molecule has 0 fully saturated rings. The summed E-state index contributed by atoms with van der Waals surface area (Å²) in [6.07, 6.45) is 2.04. The van der Waals surface area contributed by atoms with E-state index in [9.17, 15) is 4.79 Å². The molecule has 8 heteroatoms. The maximum atomic E-state index is 12.6. The molecule has 2 aromatic carbocycles. The van der Waals surface area contributed by atoms with E-state index in [0.29, 0.717) is 44.1 Å². The molecule has 0 spiro atoms. The predicted octanol–water partition coefficient (Wildman–Crippen LogP) is 3.56. The first-order valence-corrected chi connectivity index (χ1v) is 10.3. The van der Waals surface area contributed by atoms with Crippen molar-refractivity contribution in [2.75, 3.05) is 13.3 Å². The van der Waals surface area contributed by atoms with Crippen molar-refractivity contribution in [1.29, 1.82) is 0 Å². The summed E-state index contributed by atoms with van der Waals surface area (Å²) in [5, 5.41) is 8.97. The number of halogens is 1. The molecule has 2 aliphatic rings. The summed E-state index contributed by atoms with van der Waals surface area (Å²) in [7, 11) is 0. The minimum Gasteiger partial charge on any atom is -0.454 e. The van der Waals surface area contributed by atoms with E-state index in [1.54, 1.807) is 0 Å². The van der Waals surface area contributed by atoms with E-state index in [2.05, 4.69) is 10.2 Å². The number of rotatable bonds is 5. The SMILES string of the molecule is O=C(CCc1nnc(Cc2ccc3c(c2)OCO3)o1)N1CCc2c(Cl)cccc2C1. The molecule has 0 N–H and O–H groups in total. The first kappa shape index (κ1) is 18.9. The fourth-order valence-corrected chi connectivity index (χ4v) is 4.12. The Balaban J connectivity index is 1.17. The number of nitrogens with zero attached hydrogens (tertiary/aromatic N) is 3. The first-order chi connectivity index (χ1) is 14.7. The summed E-state index contributed by atoms with van der Waals surface area (Å²) < 4.78 is 16.5. The summed E-state index contributed by atoms with van der Waals surface area (Å²) in [6.45, 7) is 1.51. The average molecular weight is 426 g/mol. The number of ether oxygens (including phenoxy) is 2. The third-order valence-electron chi connectivity index (χ3n) is 5.42. The molecule has 0 radical (unpaired) electrons. The van der Waals surface area contributed by atoms with Gasteiger partial charge >= 0.3 is 0 Å². The van der Waals surface area contributed by atoms with Crippen LogP contribution in [-0.2, 0) is 30.6 Å². The molecule has 0 saturated carbocycles. The lowest BCUT2D eigenvalue weighted by Gasteiger charge is -2.29. The van der Waals surface area contributed by atoms with Crippen LogP contribution in [0.3, 0.4) is 0 Å². The fraction of sp³-hybridized carbons (Fsp3) is 0.318. The second kappa shape index (κ2) is 7.99. The van der Waals surface area contributed by atoms with Crippen molar-refractivity contribution >= 4 is 17.5 Å². The van der Waals surface area contributed by atoms with Gasteiger partial charge < -0.3 is 18.8 Å². The van der Waals surface area contributed by atoms with Gasteiger partial charge in [0.05, 0.1) is 6.42 Å². The van der Waals surface area contributed by atoms with Crippen molar-refractivity contribution in [2.45, 2.75) is 32.2 Å². The first-order valence-electron chi connectivity index (χ1n) is 9.89. The number of aromatic nitrogens is 2. The molecular weight excluding hydrogens is 406 g/mol. The van der Waals surface area contributed by atoms with Gasteiger partial charge in [0.2, 0.25) is 24.5 Å². The number of hydrogen-bond acceptors (Lipinski definition) is 6. The number of fused-ring (bicyclic) bond motifs is 2. The van der Waals surface area contributed by atoms with E-state index in [0.717, 1.165) is 39.6 Å². The highest BCUT2D eigenvalue weighted by atomic mass is 35.5. The normalized spacial score (nSPS) is 14.6. The van der Waals surface area contributed by atoms with E-state index in [1.165, 1.54) is 0 Å². The van der Waals surface area contributed by atoms with Gasteiger partial charge in [-0.2, -0.15) is 0 Å². The molecule has 0 atom stereocenters. The van der Waals surface area contributed by atoms with Gasteiger partial charge in [0.25, 0.3) is 0 Å². The van der Waals surface area contributed by atoms with Gasteiger partial charge in [-0.15, -0.1) is 10.2 Å². The fourth-order valence-electron chi connectivity index (χ4n) is 3.83. The molecule has 154 valence electrons. The molecule has 3 heterocycles. The topological polar surface area (TPSA) is 77.7 Å². The quantitative estimate of drug-likeness (QED) is 0.622. The minimum atomic E-state index is 0.0798. The number of benzene rings is 2. The molecule has 5 rings (SSSR count). The largest absolute Gasteiger partial charge is 0.454 e. The van der Waals surface area contributed by atoms with Gasteiger partial charge in [0.1, 0.15) is 0 Å². The Kier molecular flexibility index (Phi) is 5.04. The molecule has 7 nitrogen and oxygen atoms in total. The maximum absolute atomic E-state index is 12.6. The van der Waals surface area contributed by atoms with Crippen molar-refractivity contribution in [3.63, 3.8) is 0 Å². The smallest absolute Gasteiger partial charge is 0.231 e. The van der Waals surface area contributed by atoms with Crippen molar-refractivity contribution in [3.8, 4) is 11.5 Å². The summed E-state index contributed by atoms with van der Waals surface area (Å²) in [6, 6.07) is 11.6. The number of hydrogen-bond donors (Lipinski definition) is 0. The predicted molar refractivity (Wildman–Crippen MR) is 109 cm³/mol. The van der Waals surface area contributed by atoms with Gasteiger partial charge in [-0.1, -0.05) is 29.8 Å². The van der Waals surface area contributed by atoms with E-state index in [4.69, 9.17) is 25.5 Å². The third kappa shape index (κ3) is 3.85. The third-order valence-corrected chi connectivity index (χ3v) is 5.77. The monoisotopic (exact) mass is 425 g/mol. The average Bonchev–Trinajstić information content (AvgIpc) is 3.41. The molecule has 0 bridgehead atoms. The van der Waals surface area contributed by atoms with Crippen LogP contribution in [0.15, 0.2) is 40.8 Å². The molecule has 1 amide bonds. The minimum absolute atomic E-state index is 0.0798. The van der Waals surface area contributed by atoms with Crippen LogP contribution >= 0.6 is 11.6 Å². The molecule has 3 aromatic rings. The van der Waals surface area contributed by atoms with Crippen LogP contribution in [0.2, 0.25) is 5.02 Å². The van der Waals surface area contributed by atoms with E-state index < -0.39 is 0 Å². The van der Waals surface area contributed by atoms with Crippen LogP contribution in [0, 0.1) is 0 Å². The van der Waals surface area contributed by atoms with Crippen LogP contribution in [0.1, 0.15) is 34.9 Å². The van der Waals surface area contributed by atoms with Crippen molar-refractivity contribution in [3.05, 3.63) is 69.9 Å². The standard InChI is InChI=1S/C22H20ClN3O4/c23-17-3-1-2-15-12-26(9-8-16(15)17)22(27)7-6-20-24-25-21(30-20)11-14-4-5-18-19(10-14)29-13-28-18/h1-5,10H,6-9,11-13H2. The highest BCUT2D eigenvalue weighted by Crippen LogP contribution is 2.33. The van der Waals surface area contributed by atoms with E-state index in [-0.39, 0.29) is 12.7 Å². The lowest BCUT2D eigenvalue weighted by Crippen LogP contribution is -2.36. The molecular formula is C22H20ClN3O4. The second-order valence-electron chi connectivity index (χ2n) is 7.40. The van der Waals surface area contributed by atoms with Crippen molar-refractivity contribution < 1.29 is 18.7 Å². The molecule has 0 unspecified atom stereocenters. The van der Waals surface area contributed by atoms with Crippen LogP contribution < -0.4 is 9.47 Å². The summed E-state index contributed by atoms with van der Waals surface area (Å²) in [5.41, 5.74) is 3.26. The van der Waals surface area contributed by atoms with Gasteiger partial charge in [0.15, 0.2) is 11.5 Å². The van der Waals surface area contributed by atoms with Crippen molar-refractivity contribution in [2.24, 2.45) is 0 Å². The molecule has 0 saturated heterocycles. The Hall–Kier alpha value is -3.06. The van der Waals surface area contributed by atoms with Crippen LogP contribution in [0.25, 0.3) is 0 Å². The zero-order valence-electron chi connectivity index (χ0n) is 16.3. The van der Waals surface area contributed by atoms with E-state index in [1.807, 2.05) is 41.3 Å². The maximum Gasteiger partial charge on any atom is 0.231 e. The summed E-state index contributed by atoms with van der Waals surface area (Å²) in [5.74, 6) is 2.53. The Morgan fingerprint density at radius 3 is 2.90 bits per heavy atom. The molecule has 30 heavy (non-hydrogen) atoms. The highest BCUT2D eigenvalue weighted by molar-refractivity contribution is 6.31. The number of amides is 1. The second-order valence-corrected chi connectivity index (χ2v) is 7.80. The highest BCUT2D eigenvalue weighted by Gasteiger charge is 2.22. The Morgan fingerprint density at radius 2 is 1.97 bits per heavy atom. The van der Waals surface area contributed by atoms with Gasteiger partial charge in [-0.3, -0.25) is 4.79 Å². The van der Waals surface area contributed by atoms with E-state index >= 15 is 0 Å². The van der Waals surface area contributed by atoms with Gasteiger partial charge in [0, 0.05) is 31.0 Å². The zero-order valence-corrected chi connectivity index (χ0v) is 17.0. The Labute approximate surface area is 178 Å². The molecule has 2 aliphatic heterocycles. The lowest BCUT2D eigenvalue weighted by atomic mass is 9.99. The summed E-state index contributed by atoms with van der Waals surface area (Å²) in [4.78, 5) is 14.5. The zero-order chi connectivity index (χ0) is 20.5. The Bertz CT molecular complexity index is 1100. The molecule has 0 aliphatic carbocycles. The van der Waals surface area contributed by atoms with Crippen LogP contribution in [-0.4, -0.2) is 34.3 Å². The van der Waals surface area contributed by atoms with Crippen LogP contribution in [0.5, 0.6) is 11.5 Å². The number of carbonyl (C=O) groups is 1. The molecule has 1 aromatic heterocycles. The summed E-state index contributed by atoms with van der Waals surface area (Å²) >= 11 is 6.25. The van der Waals surface area contributed by atoms with Gasteiger partial charge in [-0.05, 0) is 41.3 Å². The Morgan fingerprint density at radius 1 is 1.10 bits per heavy atom. The number of carbonyl (C=O) groups excluding carboxylic acids is 1. The van der Waals surface area contributed by atoms with Crippen LogP contribution in [0.4, 0.5) is 0 Å². The number of aryl methyl sites for hydroxylation is 1. The lowest BCUT2D eigenvalue weighted by molar-refractivity contribution is -0.132.